The molecule has 1 amide bonds. The first-order valence-electron chi connectivity index (χ1n) is 7.82. The average molecular weight is 372 g/mol. The highest BCUT2D eigenvalue weighted by molar-refractivity contribution is 7.99. The number of rotatable bonds is 8. The van der Waals surface area contributed by atoms with Crippen molar-refractivity contribution in [3.05, 3.63) is 54.1 Å². The highest BCUT2D eigenvalue weighted by atomic mass is 32.2. The predicted octanol–water partition coefficient (Wildman–Crippen LogP) is 4.09. The maximum Gasteiger partial charge on any atom is 0.238 e. The molecular formula is C19H21N3OS2. The van der Waals surface area contributed by atoms with E-state index in [9.17, 15) is 4.79 Å². The third-order valence-electron chi connectivity index (χ3n) is 3.48. The largest absolute Gasteiger partial charge is 0.324 e. The van der Waals surface area contributed by atoms with E-state index in [1.807, 2.05) is 36.2 Å². The van der Waals surface area contributed by atoms with Gasteiger partial charge in [-0.3, -0.25) is 9.69 Å². The number of nitrogens with one attached hydrogen (secondary N) is 1. The summed E-state index contributed by atoms with van der Waals surface area (Å²) >= 11 is 3.14. The standard InChI is InChI=1S/C19H21N3OS2/c1-22(13-15-7-9-16(24-2)10-8-15)14-19(23)21-17-5-3-4-6-18(17)25-12-11-20/h3-10H,12-14H2,1-2H3,(H,21,23). The minimum absolute atomic E-state index is 0.0618. The lowest BCUT2D eigenvalue weighted by Crippen LogP contribution is -2.30. The quantitative estimate of drug-likeness (QED) is 0.708. The molecule has 2 aromatic rings. The van der Waals surface area contributed by atoms with Gasteiger partial charge in [-0.15, -0.1) is 23.5 Å². The molecule has 0 radical (unpaired) electrons. The minimum atomic E-state index is -0.0618. The van der Waals surface area contributed by atoms with Crippen molar-refractivity contribution in [3.8, 4) is 6.07 Å². The molecule has 130 valence electrons. The van der Waals surface area contributed by atoms with Gasteiger partial charge < -0.3 is 5.32 Å². The van der Waals surface area contributed by atoms with Crippen LogP contribution in [0, 0.1) is 11.3 Å². The SMILES string of the molecule is CSc1ccc(CN(C)CC(=O)Nc2ccccc2SCC#N)cc1. The van der Waals surface area contributed by atoms with Gasteiger partial charge >= 0.3 is 0 Å². The van der Waals surface area contributed by atoms with Crippen LogP contribution in [0.2, 0.25) is 0 Å². The Hall–Kier alpha value is -1.94. The fraction of sp³-hybridized carbons (Fsp3) is 0.263. The molecule has 0 aliphatic carbocycles. The molecule has 0 heterocycles. The van der Waals surface area contributed by atoms with Crippen LogP contribution in [-0.2, 0) is 11.3 Å². The first-order valence-corrected chi connectivity index (χ1v) is 10.0. The van der Waals surface area contributed by atoms with Crippen LogP contribution in [0.3, 0.4) is 0 Å². The van der Waals surface area contributed by atoms with Crippen LogP contribution < -0.4 is 5.32 Å². The summed E-state index contributed by atoms with van der Waals surface area (Å²) in [6.45, 7) is 1.02. The van der Waals surface area contributed by atoms with Gasteiger partial charge in [-0.1, -0.05) is 24.3 Å². The number of carbonyl (C=O) groups is 1. The van der Waals surface area contributed by atoms with E-state index in [1.165, 1.54) is 22.2 Å². The van der Waals surface area contributed by atoms with Gasteiger partial charge in [0.15, 0.2) is 0 Å². The van der Waals surface area contributed by atoms with Crippen LogP contribution in [0.1, 0.15) is 5.56 Å². The Morgan fingerprint density at radius 3 is 2.60 bits per heavy atom. The van der Waals surface area contributed by atoms with E-state index in [4.69, 9.17) is 5.26 Å². The lowest BCUT2D eigenvalue weighted by Gasteiger charge is -2.17. The van der Waals surface area contributed by atoms with Crippen molar-refractivity contribution in [2.24, 2.45) is 0 Å². The lowest BCUT2D eigenvalue weighted by molar-refractivity contribution is -0.117. The normalized spacial score (nSPS) is 10.5. The van der Waals surface area contributed by atoms with Gasteiger partial charge in [-0.2, -0.15) is 5.26 Å². The van der Waals surface area contributed by atoms with E-state index >= 15 is 0 Å². The van der Waals surface area contributed by atoms with Crippen LogP contribution in [0.4, 0.5) is 5.69 Å². The minimum Gasteiger partial charge on any atom is -0.324 e. The van der Waals surface area contributed by atoms with Gasteiger partial charge in [0.2, 0.25) is 5.91 Å². The fourth-order valence-electron chi connectivity index (χ4n) is 2.34. The second-order valence-electron chi connectivity index (χ2n) is 5.51. The molecular weight excluding hydrogens is 350 g/mol. The molecule has 2 aromatic carbocycles. The molecule has 0 bridgehead atoms. The van der Waals surface area contributed by atoms with Crippen LogP contribution in [0.15, 0.2) is 58.3 Å². The average Bonchev–Trinajstić information content (AvgIpc) is 2.61. The Labute approximate surface area is 157 Å². The zero-order chi connectivity index (χ0) is 18.1. The number of thioether (sulfide) groups is 2. The van der Waals surface area contributed by atoms with E-state index in [0.717, 1.165) is 10.6 Å². The van der Waals surface area contributed by atoms with Crippen molar-refractivity contribution >= 4 is 35.1 Å². The second-order valence-corrected chi connectivity index (χ2v) is 7.41. The van der Waals surface area contributed by atoms with Crippen LogP contribution >= 0.6 is 23.5 Å². The van der Waals surface area contributed by atoms with Crippen molar-refractivity contribution in [2.45, 2.75) is 16.3 Å². The number of nitriles is 1. The molecule has 0 aromatic heterocycles. The number of carbonyl (C=O) groups excluding carboxylic acids is 1. The number of hydrogen-bond acceptors (Lipinski definition) is 5. The van der Waals surface area contributed by atoms with Gasteiger partial charge in [0.1, 0.15) is 0 Å². The predicted molar refractivity (Wildman–Crippen MR) is 106 cm³/mol. The Bertz CT molecular complexity index is 741. The number of hydrogen-bond donors (Lipinski definition) is 1. The summed E-state index contributed by atoms with van der Waals surface area (Å²) in [6.07, 6.45) is 2.05. The Balaban J connectivity index is 1.90. The number of anilines is 1. The first-order chi connectivity index (χ1) is 12.1. The molecule has 0 unspecified atom stereocenters. The highest BCUT2D eigenvalue weighted by Gasteiger charge is 2.10. The highest BCUT2D eigenvalue weighted by Crippen LogP contribution is 2.26. The number of likely N-dealkylation sites (N-methyl/N-ethyl adjacent to an activating group) is 1. The number of benzene rings is 2. The molecule has 6 heteroatoms. The van der Waals surface area contributed by atoms with Crippen LogP contribution in [0.25, 0.3) is 0 Å². The molecule has 0 atom stereocenters. The van der Waals surface area contributed by atoms with Gasteiger partial charge in [0, 0.05) is 16.3 Å². The first kappa shape index (κ1) is 19.4. The molecule has 0 saturated heterocycles. The van der Waals surface area contributed by atoms with Gasteiger partial charge in [-0.25, -0.2) is 0 Å². The molecule has 25 heavy (non-hydrogen) atoms. The summed E-state index contributed by atoms with van der Waals surface area (Å²) in [5.74, 6) is 0.298. The summed E-state index contributed by atoms with van der Waals surface area (Å²) in [6, 6.07) is 18.0. The molecule has 0 saturated carbocycles. The summed E-state index contributed by atoms with van der Waals surface area (Å²) in [5, 5.41) is 11.7. The summed E-state index contributed by atoms with van der Waals surface area (Å²) in [5.41, 5.74) is 1.93. The fourth-order valence-corrected chi connectivity index (χ4v) is 3.42. The Kier molecular flexibility index (Phi) is 7.86. The van der Waals surface area contributed by atoms with Crippen LogP contribution in [-0.4, -0.2) is 36.4 Å². The molecule has 0 spiro atoms. The van der Waals surface area contributed by atoms with Crippen molar-refractivity contribution in [3.63, 3.8) is 0 Å². The van der Waals surface area contributed by atoms with Gasteiger partial charge in [-0.05, 0) is 43.1 Å². The van der Waals surface area contributed by atoms with E-state index in [2.05, 4.69) is 41.9 Å². The lowest BCUT2D eigenvalue weighted by atomic mass is 10.2. The van der Waals surface area contributed by atoms with Crippen molar-refractivity contribution in [1.29, 1.82) is 5.26 Å². The third kappa shape index (κ3) is 6.46. The summed E-state index contributed by atoms with van der Waals surface area (Å²) in [7, 11) is 1.93. The third-order valence-corrected chi connectivity index (χ3v) is 5.16. The van der Waals surface area contributed by atoms with Crippen molar-refractivity contribution < 1.29 is 4.79 Å². The molecule has 1 N–H and O–H groups in total. The number of amides is 1. The zero-order valence-corrected chi connectivity index (χ0v) is 16.0. The number of para-hydroxylation sites is 1. The monoisotopic (exact) mass is 371 g/mol. The van der Waals surface area contributed by atoms with Gasteiger partial charge in [0.05, 0.1) is 24.1 Å². The summed E-state index contributed by atoms with van der Waals surface area (Å²) in [4.78, 5) is 16.4. The van der Waals surface area contributed by atoms with Crippen molar-refractivity contribution in [1.82, 2.24) is 4.90 Å². The van der Waals surface area contributed by atoms with Crippen molar-refractivity contribution in [2.75, 3.05) is 30.9 Å². The number of nitrogens with zero attached hydrogens (tertiary/aromatic N) is 2. The second kappa shape index (κ2) is 10.1. The van der Waals surface area contributed by atoms with Gasteiger partial charge in [0.25, 0.3) is 0 Å². The smallest absolute Gasteiger partial charge is 0.238 e. The molecule has 0 aliphatic rings. The molecule has 0 fully saturated rings. The summed E-state index contributed by atoms with van der Waals surface area (Å²) < 4.78 is 0. The Morgan fingerprint density at radius 2 is 1.92 bits per heavy atom. The Morgan fingerprint density at radius 1 is 1.20 bits per heavy atom. The zero-order valence-electron chi connectivity index (χ0n) is 14.4. The van der Waals surface area contributed by atoms with E-state index in [0.29, 0.717) is 18.8 Å². The molecule has 2 rings (SSSR count). The maximum absolute atomic E-state index is 12.3. The molecule has 0 aliphatic heterocycles. The van der Waals surface area contributed by atoms with E-state index < -0.39 is 0 Å². The topological polar surface area (TPSA) is 56.1 Å². The van der Waals surface area contributed by atoms with E-state index in [-0.39, 0.29) is 5.91 Å². The molecule has 4 nitrogen and oxygen atoms in total. The van der Waals surface area contributed by atoms with Crippen LogP contribution in [0.5, 0.6) is 0 Å². The maximum atomic E-state index is 12.3. The van der Waals surface area contributed by atoms with E-state index in [1.54, 1.807) is 11.8 Å².